The van der Waals surface area contributed by atoms with Gasteiger partial charge in [-0.25, -0.2) is 0 Å². The first-order chi connectivity index (χ1) is 9.65. The largest absolute Gasteiger partial charge is 0.375 e. The number of aryl methyl sites for hydroxylation is 1. The lowest BCUT2D eigenvalue weighted by atomic mass is 10.1. The predicted octanol–water partition coefficient (Wildman–Crippen LogP) is 3.38. The maximum Gasteiger partial charge on any atom is 0.239 e. The third kappa shape index (κ3) is 4.28. The summed E-state index contributed by atoms with van der Waals surface area (Å²) < 4.78 is 0. The van der Waals surface area contributed by atoms with Gasteiger partial charge in [0.2, 0.25) is 5.91 Å². The van der Waals surface area contributed by atoms with Crippen molar-refractivity contribution in [3.8, 4) is 0 Å². The number of carbonyl (C=O) groups excluding carboxylic acids is 1. The second-order valence-corrected chi connectivity index (χ2v) is 5.01. The van der Waals surface area contributed by atoms with E-state index in [1.54, 1.807) is 6.07 Å². The van der Waals surface area contributed by atoms with Gasteiger partial charge < -0.3 is 10.6 Å². The molecule has 1 amide bonds. The Morgan fingerprint density at radius 2 is 1.95 bits per heavy atom. The van der Waals surface area contributed by atoms with Crippen molar-refractivity contribution in [2.75, 3.05) is 11.9 Å². The van der Waals surface area contributed by atoms with E-state index in [4.69, 9.17) is 11.6 Å². The highest BCUT2D eigenvalue weighted by atomic mass is 35.5. The summed E-state index contributed by atoms with van der Waals surface area (Å²) in [6, 6.07) is 15.4. The van der Waals surface area contributed by atoms with E-state index in [9.17, 15) is 4.79 Å². The molecule has 0 aromatic heterocycles. The molecule has 0 fully saturated rings. The van der Waals surface area contributed by atoms with Crippen LogP contribution in [0.2, 0.25) is 5.02 Å². The van der Waals surface area contributed by atoms with Gasteiger partial charge in [0.25, 0.3) is 0 Å². The number of halogens is 1. The van der Waals surface area contributed by atoms with Gasteiger partial charge in [-0.3, -0.25) is 4.79 Å². The number of para-hydroxylation sites is 1. The average Bonchev–Trinajstić information content (AvgIpc) is 2.44. The number of anilines is 1. The van der Waals surface area contributed by atoms with Gasteiger partial charge in [0.15, 0.2) is 0 Å². The molecule has 0 saturated heterocycles. The minimum atomic E-state index is -0.0635. The van der Waals surface area contributed by atoms with E-state index in [1.807, 2.05) is 43.3 Å². The number of hydrogen-bond acceptors (Lipinski definition) is 2. The van der Waals surface area contributed by atoms with Crippen molar-refractivity contribution in [2.45, 2.75) is 13.5 Å². The number of rotatable bonds is 5. The van der Waals surface area contributed by atoms with Crippen LogP contribution in [0.4, 0.5) is 5.69 Å². The third-order valence-corrected chi connectivity index (χ3v) is 3.22. The molecular weight excluding hydrogens is 272 g/mol. The molecule has 3 nitrogen and oxygen atoms in total. The van der Waals surface area contributed by atoms with Crippen LogP contribution in [-0.4, -0.2) is 12.5 Å². The zero-order valence-corrected chi connectivity index (χ0v) is 12.1. The molecule has 20 heavy (non-hydrogen) atoms. The molecule has 0 bridgehead atoms. The molecule has 0 unspecified atom stereocenters. The molecule has 2 N–H and O–H groups in total. The van der Waals surface area contributed by atoms with Crippen LogP contribution in [-0.2, 0) is 11.3 Å². The summed E-state index contributed by atoms with van der Waals surface area (Å²) in [7, 11) is 0. The SMILES string of the molecule is Cc1cccc(CNC(=O)CNc2ccccc2Cl)c1. The Hall–Kier alpha value is -2.00. The fourth-order valence-corrected chi connectivity index (χ4v) is 2.07. The first-order valence-electron chi connectivity index (χ1n) is 6.46. The van der Waals surface area contributed by atoms with Crippen molar-refractivity contribution in [1.29, 1.82) is 0 Å². The molecule has 2 aromatic rings. The Kier molecular flexibility index (Phi) is 5.02. The fourth-order valence-electron chi connectivity index (χ4n) is 1.87. The van der Waals surface area contributed by atoms with Crippen LogP contribution in [0.5, 0.6) is 0 Å². The molecule has 104 valence electrons. The highest BCUT2D eigenvalue weighted by Gasteiger charge is 2.03. The summed E-state index contributed by atoms with van der Waals surface area (Å²) in [6.07, 6.45) is 0. The van der Waals surface area contributed by atoms with Crippen molar-refractivity contribution >= 4 is 23.2 Å². The molecule has 0 saturated carbocycles. The Morgan fingerprint density at radius 3 is 2.70 bits per heavy atom. The van der Waals surface area contributed by atoms with Crippen molar-refractivity contribution in [2.24, 2.45) is 0 Å². The lowest BCUT2D eigenvalue weighted by Crippen LogP contribution is -2.29. The summed E-state index contributed by atoms with van der Waals surface area (Å²) in [5, 5.41) is 6.50. The summed E-state index contributed by atoms with van der Waals surface area (Å²) in [6.45, 7) is 2.77. The number of benzene rings is 2. The van der Waals surface area contributed by atoms with Crippen molar-refractivity contribution in [1.82, 2.24) is 5.32 Å². The van der Waals surface area contributed by atoms with Crippen molar-refractivity contribution < 1.29 is 4.79 Å². The molecule has 0 spiro atoms. The van der Waals surface area contributed by atoms with Gasteiger partial charge in [0.1, 0.15) is 0 Å². The first-order valence-corrected chi connectivity index (χ1v) is 6.83. The molecule has 0 radical (unpaired) electrons. The zero-order chi connectivity index (χ0) is 14.4. The monoisotopic (exact) mass is 288 g/mol. The molecule has 2 rings (SSSR count). The lowest BCUT2D eigenvalue weighted by Gasteiger charge is -2.09. The Balaban J connectivity index is 1.80. The van der Waals surface area contributed by atoms with Gasteiger partial charge >= 0.3 is 0 Å². The minimum absolute atomic E-state index is 0.0635. The maximum absolute atomic E-state index is 11.8. The van der Waals surface area contributed by atoms with Crippen LogP contribution >= 0.6 is 11.6 Å². The number of nitrogens with one attached hydrogen (secondary N) is 2. The lowest BCUT2D eigenvalue weighted by molar-refractivity contribution is -0.119. The normalized spacial score (nSPS) is 10.1. The van der Waals surface area contributed by atoms with Crippen LogP contribution in [0.1, 0.15) is 11.1 Å². The first kappa shape index (κ1) is 14.4. The van der Waals surface area contributed by atoms with E-state index in [1.165, 1.54) is 5.56 Å². The predicted molar refractivity (Wildman–Crippen MR) is 83.0 cm³/mol. The molecule has 2 aromatic carbocycles. The molecule has 0 heterocycles. The zero-order valence-electron chi connectivity index (χ0n) is 11.3. The average molecular weight is 289 g/mol. The third-order valence-electron chi connectivity index (χ3n) is 2.89. The number of hydrogen-bond donors (Lipinski definition) is 2. The fraction of sp³-hybridized carbons (Fsp3) is 0.188. The second-order valence-electron chi connectivity index (χ2n) is 4.60. The van der Waals surface area contributed by atoms with Crippen LogP contribution in [0, 0.1) is 6.92 Å². The van der Waals surface area contributed by atoms with Crippen LogP contribution < -0.4 is 10.6 Å². The minimum Gasteiger partial charge on any atom is -0.375 e. The highest BCUT2D eigenvalue weighted by molar-refractivity contribution is 6.33. The molecule has 0 aliphatic heterocycles. The maximum atomic E-state index is 11.8. The number of amides is 1. The number of carbonyl (C=O) groups is 1. The molecular formula is C16H17ClN2O. The van der Waals surface area contributed by atoms with Crippen LogP contribution in [0.15, 0.2) is 48.5 Å². The van der Waals surface area contributed by atoms with E-state index in [2.05, 4.69) is 16.7 Å². The molecule has 4 heteroatoms. The topological polar surface area (TPSA) is 41.1 Å². The quantitative estimate of drug-likeness (QED) is 0.885. The van der Waals surface area contributed by atoms with Gasteiger partial charge in [0.05, 0.1) is 17.3 Å². The standard InChI is InChI=1S/C16H17ClN2O/c1-12-5-4-6-13(9-12)10-19-16(20)11-18-15-8-3-2-7-14(15)17/h2-9,18H,10-11H2,1H3,(H,19,20). The van der Waals surface area contributed by atoms with Crippen LogP contribution in [0.3, 0.4) is 0 Å². The van der Waals surface area contributed by atoms with Gasteiger partial charge in [-0.2, -0.15) is 0 Å². The molecule has 0 aliphatic carbocycles. The van der Waals surface area contributed by atoms with Crippen molar-refractivity contribution in [3.05, 3.63) is 64.7 Å². The summed E-state index contributed by atoms with van der Waals surface area (Å²) in [5.74, 6) is -0.0635. The van der Waals surface area contributed by atoms with E-state index in [-0.39, 0.29) is 12.5 Å². The molecule has 0 atom stereocenters. The Morgan fingerprint density at radius 1 is 1.15 bits per heavy atom. The van der Waals surface area contributed by atoms with Gasteiger partial charge in [0, 0.05) is 6.54 Å². The summed E-state index contributed by atoms with van der Waals surface area (Å²) >= 11 is 6.00. The van der Waals surface area contributed by atoms with E-state index in [0.29, 0.717) is 11.6 Å². The summed E-state index contributed by atoms with van der Waals surface area (Å²) in [4.78, 5) is 11.8. The Labute approximate surface area is 124 Å². The van der Waals surface area contributed by atoms with Crippen LogP contribution in [0.25, 0.3) is 0 Å². The van der Waals surface area contributed by atoms with Gasteiger partial charge in [-0.05, 0) is 24.6 Å². The van der Waals surface area contributed by atoms with Crippen molar-refractivity contribution in [3.63, 3.8) is 0 Å². The van der Waals surface area contributed by atoms with E-state index in [0.717, 1.165) is 11.3 Å². The van der Waals surface area contributed by atoms with E-state index >= 15 is 0 Å². The van der Waals surface area contributed by atoms with E-state index < -0.39 is 0 Å². The van der Waals surface area contributed by atoms with Gasteiger partial charge in [-0.15, -0.1) is 0 Å². The molecule has 0 aliphatic rings. The second kappa shape index (κ2) is 6.96. The smallest absolute Gasteiger partial charge is 0.239 e. The highest BCUT2D eigenvalue weighted by Crippen LogP contribution is 2.19. The Bertz CT molecular complexity index is 599. The van der Waals surface area contributed by atoms with Gasteiger partial charge in [-0.1, -0.05) is 53.6 Å². The summed E-state index contributed by atoms with van der Waals surface area (Å²) in [5.41, 5.74) is 3.04.